The van der Waals surface area contributed by atoms with Crippen molar-refractivity contribution < 1.29 is 0 Å². The summed E-state index contributed by atoms with van der Waals surface area (Å²) in [5, 5.41) is 0. The first kappa shape index (κ1) is 63.0. The van der Waals surface area contributed by atoms with Gasteiger partial charge in [0.05, 0.1) is 0 Å². The lowest BCUT2D eigenvalue weighted by atomic mass is 9.41. The van der Waals surface area contributed by atoms with Crippen LogP contribution in [-0.2, 0) is 0 Å². The van der Waals surface area contributed by atoms with E-state index in [0.717, 1.165) is 131 Å². The fraction of sp³-hybridized carbons (Fsp3) is 1.00. The summed E-state index contributed by atoms with van der Waals surface area (Å²) in [7, 11) is 0. The van der Waals surface area contributed by atoms with Crippen LogP contribution in [0.15, 0.2) is 0 Å². The van der Waals surface area contributed by atoms with Gasteiger partial charge in [-0.15, -0.1) is 0 Å². The Kier molecular flexibility index (Phi) is 25.4. The van der Waals surface area contributed by atoms with Crippen LogP contribution < -0.4 is 0 Å². The normalized spacial score (nSPS) is 42.6. The molecule has 0 spiro atoms. The zero-order valence-electron chi connectivity index (χ0n) is 55.0. The quantitative estimate of drug-likeness (QED) is 0.0721. The fourth-order valence-corrected chi connectivity index (χ4v) is 23.7. The van der Waals surface area contributed by atoms with Crippen molar-refractivity contribution in [2.45, 2.75) is 399 Å². The Morgan fingerprint density at radius 2 is 0.525 bits per heavy atom. The molecule has 0 radical (unpaired) electrons. The molecule has 0 saturated heterocycles. The molecule has 2 nitrogen and oxygen atoms in total. The van der Waals surface area contributed by atoms with E-state index in [1.807, 2.05) is 0 Å². The van der Waals surface area contributed by atoms with Crippen molar-refractivity contribution >= 4 is 0 Å². The maximum absolute atomic E-state index is 3.59. The molecule has 0 heterocycles. The zero-order valence-corrected chi connectivity index (χ0v) is 55.0. The van der Waals surface area contributed by atoms with Crippen LogP contribution >= 0.6 is 0 Å². The van der Waals surface area contributed by atoms with Gasteiger partial charge in [-0.3, -0.25) is 9.80 Å². The van der Waals surface area contributed by atoms with Gasteiger partial charge in [0, 0.05) is 36.3 Å². The Balaban J connectivity index is 0.969. The van der Waals surface area contributed by atoms with E-state index >= 15 is 0 Å². The molecule has 10 unspecified atom stereocenters. The molecule has 10 saturated carbocycles. The fourth-order valence-electron chi connectivity index (χ4n) is 23.7. The highest BCUT2D eigenvalue weighted by Crippen LogP contribution is 2.67. The predicted molar refractivity (Wildman–Crippen MR) is 347 cm³/mol. The van der Waals surface area contributed by atoms with Crippen molar-refractivity contribution in [1.29, 1.82) is 0 Å². The van der Waals surface area contributed by atoms with Gasteiger partial charge in [-0.2, -0.15) is 0 Å². The van der Waals surface area contributed by atoms with E-state index < -0.39 is 0 Å². The van der Waals surface area contributed by atoms with E-state index in [2.05, 4.69) is 51.3 Å². The molecule has 0 amide bonds. The number of rotatable bonds is 28. The first-order valence-electron chi connectivity index (χ1n) is 38.9. The smallest absolute Gasteiger partial charge is 0.0135 e. The molecule has 0 aromatic rings. The second-order valence-electron chi connectivity index (χ2n) is 32.9. The monoisotopic (exact) mass is 1110 g/mol. The standard InChI is InChI=1S/C78H140N2/c1-7-11-15-17-19-21-25-61-35-47-67(48-36-61)79(65-43-27-57(5)28-44-65)75-55-73(63-39-31-59(32-40-63)23-13-9-3)69-52-54-72-76(56-74(70-51-53-71(75)77(69)78(70)72)64-41-33-60(34-42-64)24-14-10-4)80(66-45-29-58(6)30-46-66)68-49-37-62(38-50-68)26-22-20-18-16-12-8-2/h57-78H,7-56H2,1-6H3. The molecule has 0 aromatic heterocycles. The lowest BCUT2D eigenvalue weighted by molar-refractivity contribution is -0.190. The van der Waals surface area contributed by atoms with Crippen LogP contribution in [0.1, 0.15) is 363 Å². The van der Waals surface area contributed by atoms with Gasteiger partial charge in [-0.25, -0.2) is 0 Å². The van der Waals surface area contributed by atoms with Gasteiger partial charge >= 0.3 is 0 Å². The molecule has 0 N–H and O–H groups in total. The second kappa shape index (κ2) is 32.2. The van der Waals surface area contributed by atoms with E-state index in [1.54, 1.807) is 154 Å². The van der Waals surface area contributed by atoms with E-state index in [-0.39, 0.29) is 0 Å². The molecule has 0 bridgehead atoms. The topological polar surface area (TPSA) is 6.48 Å². The van der Waals surface area contributed by atoms with Gasteiger partial charge in [-0.1, -0.05) is 196 Å². The van der Waals surface area contributed by atoms with Gasteiger partial charge in [0.1, 0.15) is 0 Å². The summed E-state index contributed by atoms with van der Waals surface area (Å²) in [6.45, 7) is 14.9. The molecule has 10 rings (SSSR count). The summed E-state index contributed by atoms with van der Waals surface area (Å²) in [6.07, 6.45) is 76.6. The molecule has 80 heavy (non-hydrogen) atoms. The van der Waals surface area contributed by atoms with Crippen LogP contribution in [0.2, 0.25) is 0 Å². The van der Waals surface area contributed by atoms with Gasteiger partial charge < -0.3 is 0 Å². The first-order valence-corrected chi connectivity index (χ1v) is 38.9. The van der Waals surface area contributed by atoms with Crippen molar-refractivity contribution in [3.8, 4) is 0 Å². The van der Waals surface area contributed by atoms with Gasteiger partial charge in [0.2, 0.25) is 0 Å². The summed E-state index contributed by atoms with van der Waals surface area (Å²) in [5.41, 5.74) is 0. The van der Waals surface area contributed by atoms with Crippen LogP contribution in [0.4, 0.5) is 0 Å². The summed E-state index contributed by atoms with van der Waals surface area (Å²) in [5.74, 6) is 16.3. The summed E-state index contributed by atoms with van der Waals surface area (Å²) < 4.78 is 0. The minimum Gasteiger partial charge on any atom is -0.294 e. The molecule has 0 aromatic carbocycles. The summed E-state index contributed by atoms with van der Waals surface area (Å²) >= 11 is 0. The van der Waals surface area contributed by atoms with E-state index in [4.69, 9.17) is 0 Å². The van der Waals surface area contributed by atoms with E-state index in [0.29, 0.717) is 0 Å². The van der Waals surface area contributed by atoms with E-state index in [9.17, 15) is 0 Å². The van der Waals surface area contributed by atoms with Crippen LogP contribution in [-0.4, -0.2) is 46.1 Å². The van der Waals surface area contributed by atoms with Gasteiger partial charge in [-0.05, 0) is 262 Å². The highest BCUT2D eigenvalue weighted by molar-refractivity contribution is 5.14. The molecule has 10 aliphatic rings. The largest absolute Gasteiger partial charge is 0.294 e. The Hall–Kier alpha value is -0.0800. The molecular weight excluding hydrogens is 965 g/mol. The minimum absolute atomic E-state index is 0.880. The van der Waals surface area contributed by atoms with E-state index in [1.165, 1.54) is 167 Å². The zero-order chi connectivity index (χ0) is 55.2. The van der Waals surface area contributed by atoms with Crippen molar-refractivity contribution in [1.82, 2.24) is 9.80 Å². The molecule has 0 aliphatic heterocycles. The average molecular weight is 1110 g/mol. The van der Waals surface area contributed by atoms with Crippen LogP contribution in [0.5, 0.6) is 0 Å². The third-order valence-corrected chi connectivity index (χ3v) is 28.1. The van der Waals surface area contributed by atoms with Crippen LogP contribution in [0, 0.1) is 94.7 Å². The van der Waals surface area contributed by atoms with Gasteiger partial charge in [0.15, 0.2) is 0 Å². The average Bonchev–Trinajstić information content (AvgIpc) is 3.63. The highest BCUT2D eigenvalue weighted by Gasteiger charge is 2.63. The SMILES string of the molecule is CCCCCCCCC1CCC(N(C2CCC(C)CC2)C2CC(C3CCC(CCCC)CC3)C3CCC4C5C(CCC2C35)C(C2CCC(CCCC)CC2)CC4N(C2CCC(C)CC2)C2CCC(CCCCCCCC)CC2)CC1. The molecule has 2 heteroatoms. The Morgan fingerprint density at radius 1 is 0.250 bits per heavy atom. The molecule has 10 fully saturated rings. The maximum Gasteiger partial charge on any atom is 0.0135 e. The van der Waals surface area contributed by atoms with Crippen LogP contribution in [0.25, 0.3) is 0 Å². The number of unbranched alkanes of at least 4 members (excludes halogenated alkanes) is 12. The van der Waals surface area contributed by atoms with Crippen molar-refractivity contribution in [3.05, 3.63) is 0 Å². The third kappa shape index (κ3) is 16.0. The van der Waals surface area contributed by atoms with Gasteiger partial charge in [0.25, 0.3) is 0 Å². The minimum atomic E-state index is 0.880. The van der Waals surface area contributed by atoms with Crippen LogP contribution in [0.3, 0.4) is 0 Å². The number of hydrogen-bond acceptors (Lipinski definition) is 2. The van der Waals surface area contributed by atoms with Crippen molar-refractivity contribution in [2.24, 2.45) is 94.7 Å². The predicted octanol–water partition coefficient (Wildman–Crippen LogP) is 23.4. The molecular formula is C78H140N2. The Bertz CT molecular complexity index is 1530. The summed E-state index contributed by atoms with van der Waals surface area (Å²) in [6, 6.07) is 5.31. The number of hydrogen-bond donors (Lipinski definition) is 0. The third-order valence-electron chi connectivity index (χ3n) is 28.1. The summed E-state index contributed by atoms with van der Waals surface area (Å²) in [4.78, 5) is 7.18. The highest BCUT2D eigenvalue weighted by atomic mass is 15.2. The molecule has 10 atom stereocenters. The lowest BCUT2D eigenvalue weighted by Gasteiger charge is -2.68. The lowest BCUT2D eigenvalue weighted by Crippen LogP contribution is -2.67. The molecule has 10 aliphatic carbocycles. The Morgan fingerprint density at radius 3 is 0.863 bits per heavy atom. The molecule has 462 valence electrons. The Labute approximate surface area is 500 Å². The van der Waals surface area contributed by atoms with Crippen molar-refractivity contribution in [3.63, 3.8) is 0 Å². The number of nitrogens with zero attached hydrogens (tertiary/aromatic N) is 2. The second-order valence-corrected chi connectivity index (χ2v) is 32.9. The first-order chi connectivity index (χ1) is 39.3. The van der Waals surface area contributed by atoms with Crippen molar-refractivity contribution in [2.75, 3.05) is 0 Å². The maximum atomic E-state index is 3.59.